The number of hydrogen-bond acceptors (Lipinski definition) is 7. The maximum absolute atomic E-state index is 10.8. The van der Waals surface area contributed by atoms with E-state index in [4.69, 9.17) is 15.0 Å². The summed E-state index contributed by atoms with van der Waals surface area (Å²) in [5.74, 6) is 0.451. The smallest absolute Gasteiger partial charge is 0.270 e. The van der Waals surface area contributed by atoms with Gasteiger partial charge in [0.05, 0.1) is 10.5 Å². The van der Waals surface area contributed by atoms with Gasteiger partial charge < -0.3 is 15.0 Å². The third-order valence-corrected chi connectivity index (χ3v) is 2.95. The molecule has 0 saturated carbocycles. The van der Waals surface area contributed by atoms with E-state index in [2.05, 4.69) is 10.1 Å². The second-order valence-corrected chi connectivity index (χ2v) is 4.67. The van der Waals surface area contributed by atoms with Crippen molar-refractivity contribution >= 4 is 11.4 Å². The molecule has 0 unspecified atom stereocenters. The van der Waals surface area contributed by atoms with Crippen LogP contribution in [0.25, 0.3) is 11.5 Å². The van der Waals surface area contributed by atoms with Crippen LogP contribution in [0.2, 0.25) is 0 Å². The van der Waals surface area contributed by atoms with Crippen LogP contribution in [-0.2, 0) is 10.3 Å². The summed E-state index contributed by atoms with van der Waals surface area (Å²) in [4.78, 5) is 14.4. The van der Waals surface area contributed by atoms with E-state index in [1.165, 1.54) is 25.3 Å². The lowest BCUT2D eigenvalue weighted by molar-refractivity contribution is -0.384. The molecule has 8 nitrogen and oxygen atoms in total. The summed E-state index contributed by atoms with van der Waals surface area (Å²) in [6.07, 6.45) is 0. The first-order valence-electron chi connectivity index (χ1n) is 5.79. The van der Waals surface area contributed by atoms with Gasteiger partial charge in [-0.2, -0.15) is 4.98 Å². The standard InChI is InChI=1S/C12H14N4O4/c1-12(2,19-3)11-14-10(20-15-11)8-6-7(16(17)18)4-5-9(8)13/h4-6H,13H2,1-3H3. The number of aromatic nitrogens is 2. The molecular formula is C12H14N4O4. The Balaban J connectivity index is 2.47. The fraction of sp³-hybridized carbons (Fsp3) is 0.333. The maximum Gasteiger partial charge on any atom is 0.270 e. The minimum absolute atomic E-state index is 0.0973. The van der Waals surface area contributed by atoms with Gasteiger partial charge >= 0.3 is 0 Å². The highest BCUT2D eigenvalue weighted by atomic mass is 16.6. The van der Waals surface area contributed by atoms with Gasteiger partial charge in [0, 0.05) is 24.9 Å². The van der Waals surface area contributed by atoms with Crippen molar-refractivity contribution in [1.29, 1.82) is 0 Å². The van der Waals surface area contributed by atoms with Gasteiger partial charge in [-0.1, -0.05) is 5.16 Å². The molecule has 0 saturated heterocycles. The van der Waals surface area contributed by atoms with Crippen molar-refractivity contribution in [3.8, 4) is 11.5 Å². The molecule has 0 fully saturated rings. The highest BCUT2D eigenvalue weighted by Gasteiger charge is 2.27. The maximum atomic E-state index is 10.8. The van der Waals surface area contributed by atoms with Gasteiger partial charge in [-0.3, -0.25) is 10.1 Å². The van der Waals surface area contributed by atoms with Crippen LogP contribution in [0.4, 0.5) is 11.4 Å². The lowest BCUT2D eigenvalue weighted by Gasteiger charge is -2.17. The fourth-order valence-corrected chi connectivity index (χ4v) is 1.51. The molecule has 0 amide bonds. The van der Waals surface area contributed by atoms with Crippen molar-refractivity contribution in [2.75, 3.05) is 12.8 Å². The second kappa shape index (κ2) is 4.89. The normalized spacial score (nSPS) is 11.6. The molecule has 1 heterocycles. The van der Waals surface area contributed by atoms with Crippen molar-refractivity contribution in [3.63, 3.8) is 0 Å². The molecule has 2 aromatic rings. The summed E-state index contributed by atoms with van der Waals surface area (Å²) < 4.78 is 10.4. The minimum atomic E-state index is -0.725. The average Bonchev–Trinajstić information content (AvgIpc) is 2.89. The van der Waals surface area contributed by atoms with E-state index < -0.39 is 10.5 Å². The van der Waals surface area contributed by atoms with E-state index in [0.29, 0.717) is 17.1 Å². The predicted octanol–water partition coefficient (Wildman–Crippen LogP) is 2.11. The van der Waals surface area contributed by atoms with E-state index in [1.54, 1.807) is 13.8 Å². The molecule has 1 aromatic carbocycles. The summed E-state index contributed by atoms with van der Waals surface area (Å²) >= 11 is 0. The molecule has 0 radical (unpaired) electrons. The van der Waals surface area contributed by atoms with E-state index in [1.807, 2.05) is 0 Å². The Morgan fingerprint density at radius 1 is 1.45 bits per heavy atom. The zero-order chi connectivity index (χ0) is 14.9. The molecule has 0 aliphatic carbocycles. The Morgan fingerprint density at radius 2 is 2.15 bits per heavy atom. The van der Waals surface area contributed by atoms with Gasteiger partial charge in [0.1, 0.15) is 5.60 Å². The van der Waals surface area contributed by atoms with Gasteiger partial charge in [0.2, 0.25) is 5.82 Å². The molecule has 0 atom stereocenters. The molecule has 1 aromatic heterocycles. The Kier molecular flexibility index (Phi) is 3.41. The SMILES string of the molecule is COC(C)(C)c1noc(-c2cc([N+](=O)[O-])ccc2N)n1. The van der Waals surface area contributed by atoms with E-state index in [-0.39, 0.29) is 11.6 Å². The van der Waals surface area contributed by atoms with Crippen molar-refractivity contribution in [2.45, 2.75) is 19.4 Å². The molecule has 2 N–H and O–H groups in total. The summed E-state index contributed by atoms with van der Waals surface area (Å²) in [6.45, 7) is 3.55. The van der Waals surface area contributed by atoms with E-state index >= 15 is 0 Å². The van der Waals surface area contributed by atoms with Crippen molar-refractivity contribution in [1.82, 2.24) is 10.1 Å². The summed E-state index contributed by atoms with van der Waals surface area (Å²) in [7, 11) is 1.53. The number of nitrogens with zero attached hydrogens (tertiary/aromatic N) is 3. The van der Waals surface area contributed by atoms with Crippen molar-refractivity contribution < 1.29 is 14.2 Å². The largest absolute Gasteiger partial charge is 0.398 e. The van der Waals surface area contributed by atoms with Gasteiger partial charge in [0.25, 0.3) is 11.6 Å². The number of hydrogen-bond donors (Lipinski definition) is 1. The molecule has 0 spiro atoms. The number of nitro benzene ring substituents is 1. The molecule has 20 heavy (non-hydrogen) atoms. The van der Waals surface area contributed by atoms with Crippen LogP contribution in [-0.4, -0.2) is 22.2 Å². The number of nitro groups is 1. The number of nitrogen functional groups attached to an aromatic ring is 1. The number of rotatable bonds is 4. The predicted molar refractivity (Wildman–Crippen MR) is 70.8 cm³/mol. The van der Waals surface area contributed by atoms with E-state index in [0.717, 1.165) is 0 Å². The molecule has 106 valence electrons. The summed E-state index contributed by atoms with van der Waals surface area (Å²) in [5.41, 5.74) is 5.61. The van der Waals surface area contributed by atoms with Gasteiger partial charge in [-0.25, -0.2) is 0 Å². The molecular weight excluding hydrogens is 264 g/mol. The Morgan fingerprint density at radius 3 is 2.75 bits per heavy atom. The summed E-state index contributed by atoms with van der Waals surface area (Å²) in [5, 5.41) is 14.6. The first-order valence-corrected chi connectivity index (χ1v) is 5.79. The first kappa shape index (κ1) is 13.9. The number of methoxy groups -OCH3 is 1. The van der Waals surface area contributed by atoms with Crippen molar-refractivity contribution in [2.24, 2.45) is 0 Å². The van der Waals surface area contributed by atoms with Gasteiger partial charge in [-0.05, 0) is 19.9 Å². The number of ether oxygens (including phenoxy) is 1. The topological polar surface area (TPSA) is 117 Å². The van der Waals surface area contributed by atoms with Crippen molar-refractivity contribution in [3.05, 3.63) is 34.1 Å². The first-order chi connectivity index (χ1) is 9.35. The van der Waals surface area contributed by atoms with E-state index in [9.17, 15) is 10.1 Å². The van der Waals surface area contributed by atoms with Crippen LogP contribution in [0, 0.1) is 10.1 Å². The average molecular weight is 278 g/mol. The monoisotopic (exact) mass is 278 g/mol. The second-order valence-electron chi connectivity index (χ2n) is 4.67. The molecule has 2 rings (SSSR count). The highest BCUT2D eigenvalue weighted by molar-refractivity contribution is 5.73. The van der Waals surface area contributed by atoms with Gasteiger partial charge in [-0.15, -0.1) is 0 Å². The summed E-state index contributed by atoms with van der Waals surface area (Å²) in [6, 6.07) is 4.04. The number of non-ortho nitro benzene ring substituents is 1. The minimum Gasteiger partial charge on any atom is -0.398 e. The quantitative estimate of drug-likeness (QED) is 0.517. The lowest BCUT2D eigenvalue weighted by Crippen LogP contribution is -2.21. The zero-order valence-electron chi connectivity index (χ0n) is 11.3. The van der Waals surface area contributed by atoms with Crippen LogP contribution in [0.3, 0.4) is 0 Å². The van der Waals surface area contributed by atoms with Crippen LogP contribution in [0.5, 0.6) is 0 Å². The Bertz CT molecular complexity index is 651. The molecule has 8 heteroatoms. The highest BCUT2D eigenvalue weighted by Crippen LogP contribution is 2.30. The number of nitrogens with two attached hydrogens (primary N) is 1. The van der Waals surface area contributed by atoms with Crippen LogP contribution < -0.4 is 5.73 Å². The molecule has 0 aliphatic heterocycles. The molecule has 0 bridgehead atoms. The number of anilines is 1. The number of benzene rings is 1. The Labute approximate surface area is 114 Å². The van der Waals surface area contributed by atoms with Crippen LogP contribution in [0.1, 0.15) is 19.7 Å². The third-order valence-electron chi connectivity index (χ3n) is 2.95. The Hall–Kier alpha value is -2.48. The van der Waals surface area contributed by atoms with Gasteiger partial charge in [0.15, 0.2) is 0 Å². The third kappa shape index (κ3) is 2.45. The fourth-order valence-electron chi connectivity index (χ4n) is 1.51. The van der Waals surface area contributed by atoms with Crippen LogP contribution in [0.15, 0.2) is 22.7 Å². The zero-order valence-corrected chi connectivity index (χ0v) is 11.3. The lowest BCUT2D eigenvalue weighted by atomic mass is 10.1. The molecule has 0 aliphatic rings. The van der Waals surface area contributed by atoms with Crippen LogP contribution >= 0.6 is 0 Å².